The molecule has 1 amide bonds. The van der Waals surface area contributed by atoms with E-state index in [9.17, 15) is 45.6 Å². The summed E-state index contributed by atoms with van der Waals surface area (Å²) in [6.07, 6.45) is 72.5. The fourth-order valence-electron chi connectivity index (χ4n) is 11.3. The zero-order valence-electron chi connectivity index (χ0n) is 57.5. The quantitative estimate of drug-likeness (QED) is 0.0204. The first-order chi connectivity index (χ1) is 45.1. The van der Waals surface area contributed by atoms with E-state index in [1.54, 1.807) is 6.08 Å². The highest BCUT2D eigenvalue weighted by atomic mass is 16.7. The Labute approximate surface area is 558 Å². The van der Waals surface area contributed by atoms with E-state index in [4.69, 9.17) is 18.9 Å². The predicted molar refractivity (Wildman–Crippen MR) is 378 cm³/mol. The summed E-state index contributed by atoms with van der Waals surface area (Å²) >= 11 is 0. The molecule has 0 bridgehead atoms. The second-order valence-electron chi connectivity index (χ2n) is 25.3. The van der Waals surface area contributed by atoms with Crippen LogP contribution < -0.4 is 5.32 Å². The van der Waals surface area contributed by atoms with Crippen molar-refractivity contribution >= 4 is 5.91 Å². The van der Waals surface area contributed by atoms with Crippen LogP contribution in [0.3, 0.4) is 0 Å². The number of aliphatic hydroxyl groups is 8. The van der Waals surface area contributed by atoms with E-state index in [2.05, 4.69) is 129 Å². The van der Waals surface area contributed by atoms with E-state index < -0.39 is 86.8 Å². The zero-order valence-corrected chi connectivity index (χ0v) is 57.5. The van der Waals surface area contributed by atoms with Crippen molar-refractivity contribution in [1.82, 2.24) is 5.32 Å². The fraction of sp³-hybridized carbons (Fsp3) is 0.731. The van der Waals surface area contributed by atoms with Crippen LogP contribution in [0.15, 0.2) is 122 Å². The Morgan fingerprint density at radius 3 is 1.20 bits per heavy atom. The van der Waals surface area contributed by atoms with Gasteiger partial charge in [-0.2, -0.15) is 0 Å². The maximum Gasteiger partial charge on any atom is 0.220 e. The summed E-state index contributed by atoms with van der Waals surface area (Å²) in [6, 6.07) is -0.944. The van der Waals surface area contributed by atoms with Gasteiger partial charge in [0.25, 0.3) is 0 Å². The average Bonchev–Trinajstić information content (AvgIpc) is 0.830. The Morgan fingerprint density at radius 1 is 0.402 bits per heavy atom. The van der Waals surface area contributed by atoms with Crippen molar-refractivity contribution in [2.24, 2.45) is 0 Å². The molecule has 2 aliphatic heterocycles. The molecule has 2 fully saturated rings. The Balaban J connectivity index is 1.67. The van der Waals surface area contributed by atoms with Gasteiger partial charge in [0.05, 0.1) is 32.0 Å². The van der Waals surface area contributed by atoms with Crippen molar-refractivity contribution in [1.29, 1.82) is 0 Å². The van der Waals surface area contributed by atoms with Crippen molar-refractivity contribution < 1.29 is 64.6 Å². The summed E-state index contributed by atoms with van der Waals surface area (Å²) in [4.78, 5) is 13.3. The standard InChI is InChI=1S/C78H133NO13/c1-3-5-7-9-11-13-15-17-19-21-23-25-27-28-29-30-31-32-33-34-35-36-37-38-40-42-44-46-48-50-52-54-56-58-60-62-70(83)79-66(65-89-77-75(88)73(86)76(69(64-81)91-77)92-78-74(87)72(85)71(84)68(63-80)90-78)67(82)61-59-57-55-53-51-49-47-45-43-41-39-26-24-22-20-18-16-14-12-10-8-6-4-2/h5,7,11,13,17,19,23,25,28-29,31-32,34-35,37-38,51,53,59,61,66-69,71-78,80-82,84-88H,3-4,6,8-10,12,14-16,18,20-22,24,26-27,30,33,36,39-50,52,54-58,60,62-65H2,1-2H3,(H,79,83)/b7-5-,13-11-,19-17-,25-23-,29-28-,32-31-,35-34-,38-37-,53-51+,61-59+. The molecule has 14 heteroatoms. The summed E-state index contributed by atoms with van der Waals surface area (Å²) in [5.41, 5.74) is 0. The lowest BCUT2D eigenvalue weighted by Crippen LogP contribution is -2.65. The first kappa shape index (κ1) is 84.5. The topological polar surface area (TPSA) is 228 Å². The van der Waals surface area contributed by atoms with Crippen LogP contribution in [-0.4, -0.2) is 140 Å². The largest absolute Gasteiger partial charge is 0.394 e. The van der Waals surface area contributed by atoms with Gasteiger partial charge in [-0.05, 0) is 96.3 Å². The first-order valence-electron chi connectivity index (χ1n) is 36.8. The number of allylic oxidation sites excluding steroid dienone is 19. The highest BCUT2D eigenvalue weighted by molar-refractivity contribution is 5.76. The molecule has 2 heterocycles. The van der Waals surface area contributed by atoms with Gasteiger partial charge in [-0.1, -0.05) is 289 Å². The molecule has 0 aromatic rings. The number of ether oxygens (including phenoxy) is 4. The van der Waals surface area contributed by atoms with Crippen molar-refractivity contribution in [3.05, 3.63) is 122 Å². The molecule has 0 aromatic heterocycles. The fourth-order valence-corrected chi connectivity index (χ4v) is 11.3. The molecular formula is C78H133NO13. The maximum absolute atomic E-state index is 13.3. The number of amides is 1. The van der Waals surface area contributed by atoms with Gasteiger partial charge in [-0.15, -0.1) is 0 Å². The molecule has 0 radical (unpaired) electrons. The highest BCUT2D eigenvalue weighted by Crippen LogP contribution is 2.30. The molecule has 0 aromatic carbocycles. The van der Waals surface area contributed by atoms with Crippen LogP contribution in [0.4, 0.5) is 0 Å². The number of hydrogen-bond acceptors (Lipinski definition) is 13. The highest BCUT2D eigenvalue weighted by Gasteiger charge is 2.51. The summed E-state index contributed by atoms with van der Waals surface area (Å²) in [5.74, 6) is -0.257. The van der Waals surface area contributed by atoms with Gasteiger partial charge >= 0.3 is 0 Å². The van der Waals surface area contributed by atoms with Crippen LogP contribution in [0.25, 0.3) is 0 Å². The van der Waals surface area contributed by atoms with E-state index >= 15 is 0 Å². The molecule has 14 nitrogen and oxygen atoms in total. The van der Waals surface area contributed by atoms with Gasteiger partial charge in [-0.3, -0.25) is 4.79 Å². The van der Waals surface area contributed by atoms with Gasteiger partial charge in [-0.25, -0.2) is 0 Å². The lowest BCUT2D eigenvalue weighted by Gasteiger charge is -2.46. The molecule has 0 saturated carbocycles. The van der Waals surface area contributed by atoms with Crippen molar-refractivity contribution in [3.63, 3.8) is 0 Å². The van der Waals surface area contributed by atoms with E-state index in [0.717, 1.165) is 89.9 Å². The zero-order chi connectivity index (χ0) is 66.6. The number of aliphatic hydroxyl groups excluding tert-OH is 8. The second kappa shape index (κ2) is 61.0. The number of carbonyl (C=O) groups excluding carboxylic acids is 1. The third kappa shape index (κ3) is 44.2. The molecule has 2 aliphatic rings. The van der Waals surface area contributed by atoms with Crippen LogP contribution in [0.5, 0.6) is 0 Å². The minimum Gasteiger partial charge on any atom is -0.394 e. The number of rotatable bonds is 59. The summed E-state index contributed by atoms with van der Waals surface area (Å²) in [5, 5.41) is 87.5. The summed E-state index contributed by atoms with van der Waals surface area (Å²) in [6.45, 7) is 2.68. The average molecular weight is 1290 g/mol. The minimum absolute atomic E-state index is 0.257. The minimum atomic E-state index is -1.80. The van der Waals surface area contributed by atoms with E-state index in [1.807, 2.05) is 6.08 Å². The second-order valence-corrected chi connectivity index (χ2v) is 25.3. The van der Waals surface area contributed by atoms with Gasteiger partial charge in [0.1, 0.15) is 48.8 Å². The molecular weight excluding hydrogens is 1160 g/mol. The lowest BCUT2D eigenvalue weighted by atomic mass is 9.97. The number of nitrogens with one attached hydrogen (secondary N) is 1. The third-order valence-corrected chi connectivity index (χ3v) is 17.1. The van der Waals surface area contributed by atoms with E-state index in [0.29, 0.717) is 12.8 Å². The molecule has 0 aliphatic carbocycles. The molecule has 2 saturated heterocycles. The van der Waals surface area contributed by atoms with Gasteiger partial charge in [0.15, 0.2) is 12.6 Å². The Kier molecular flexibility index (Phi) is 56.0. The molecule has 92 heavy (non-hydrogen) atoms. The van der Waals surface area contributed by atoms with Gasteiger partial charge in [0, 0.05) is 6.42 Å². The third-order valence-electron chi connectivity index (χ3n) is 17.1. The SMILES string of the molecule is CC/C=C\C/C=C\C/C=C\C/C=C\C/C=C\C/C=C\C/C=C\C/C=C\CCCCCCCCCCCCC(=O)NC(COC1OC(CO)C(OC2OC(CO)C(O)C(O)C2O)C(O)C1O)C(O)/C=C/CC/C=C/CCCCCCCCCCCCCCCCCCC. The van der Waals surface area contributed by atoms with Crippen LogP contribution in [0, 0.1) is 0 Å². The van der Waals surface area contributed by atoms with Crippen molar-refractivity contribution in [2.45, 2.75) is 344 Å². The van der Waals surface area contributed by atoms with Crippen LogP contribution in [-0.2, 0) is 23.7 Å². The van der Waals surface area contributed by atoms with E-state index in [1.165, 1.54) is 148 Å². The van der Waals surface area contributed by atoms with Crippen molar-refractivity contribution in [3.8, 4) is 0 Å². The Hall–Kier alpha value is -3.61. The molecule has 2 rings (SSSR count). The number of carbonyl (C=O) groups is 1. The summed E-state index contributed by atoms with van der Waals surface area (Å²) < 4.78 is 22.9. The molecule has 528 valence electrons. The summed E-state index contributed by atoms with van der Waals surface area (Å²) in [7, 11) is 0. The van der Waals surface area contributed by atoms with Gasteiger partial charge in [0.2, 0.25) is 5.91 Å². The normalized spacial score (nSPS) is 23.4. The molecule has 0 spiro atoms. The number of hydrogen-bond donors (Lipinski definition) is 9. The molecule has 12 atom stereocenters. The van der Waals surface area contributed by atoms with Crippen LogP contribution in [0.2, 0.25) is 0 Å². The molecule has 12 unspecified atom stereocenters. The first-order valence-corrected chi connectivity index (χ1v) is 36.8. The predicted octanol–water partition coefficient (Wildman–Crippen LogP) is 15.7. The van der Waals surface area contributed by atoms with Gasteiger partial charge < -0.3 is 65.1 Å². The monoisotopic (exact) mass is 1290 g/mol. The van der Waals surface area contributed by atoms with Crippen molar-refractivity contribution in [2.75, 3.05) is 19.8 Å². The maximum atomic E-state index is 13.3. The Morgan fingerprint density at radius 2 is 0.761 bits per heavy atom. The van der Waals surface area contributed by atoms with Crippen LogP contribution >= 0.6 is 0 Å². The van der Waals surface area contributed by atoms with E-state index in [-0.39, 0.29) is 18.9 Å². The van der Waals surface area contributed by atoms with Crippen LogP contribution in [0.1, 0.15) is 271 Å². The number of unbranched alkanes of at least 4 members (excludes halogenated alkanes) is 28. The Bertz CT molecular complexity index is 2010. The smallest absolute Gasteiger partial charge is 0.220 e. The lowest BCUT2D eigenvalue weighted by molar-refractivity contribution is -0.359. The molecule has 9 N–H and O–H groups in total.